The fourth-order valence-corrected chi connectivity index (χ4v) is 2.29. The van der Waals surface area contributed by atoms with Crippen molar-refractivity contribution in [2.75, 3.05) is 0 Å². The molecule has 1 aromatic carbocycles. The maximum atomic E-state index is 12.8. The number of benzene rings is 1. The number of aliphatic hydroxyl groups excluding tert-OH is 1. The molecule has 1 fully saturated rings. The van der Waals surface area contributed by atoms with Gasteiger partial charge in [-0.1, -0.05) is 12.1 Å². The summed E-state index contributed by atoms with van der Waals surface area (Å²) in [5.74, 6) is -0.268. The predicted molar refractivity (Wildman–Crippen MR) is 68.8 cm³/mol. The van der Waals surface area contributed by atoms with Crippen LogP contribution in [0.2, 0.25) is 0 Å². The van der Waals surface area contributed by atoms with Crippen LogP contribution >= 0.6 is 12.4 Å². The van der Waals surface area contributed by atoms with E-state index in [9.17, 15) is 9.50 Å². The largest absolute Gasteiger partial charge is 0.387 e. The van der Waals surface area contributed by atoms with Gasteiger partial charge in [0.1, 0.15) is 5.82 Å². The highest BCUT2D eigenvalue weighted by Crippen LogP contribution is 2.30. The van der Waals surface area contributed by atoms with Gasteiger partial charge in [0.25, 0.3) is 0 Å². The van der Waals surface area contributed by atoms with E-state index in [0.717, 1.165) is 18.4 Å². The van der Waals surface area contributed by atoms with Gasteiger partial charge in [-0.15, -0.1) is 12.4 Å². The second-order valence-electron chi connectivity index (χ2n) is 5.17. The first kappa shape index (κ1) is 14.4. The second-order valence-corrected chi connectivity index (χ2v) is 5.17. The summed E-state index contributed by atoms with van der Waals surface area (Å²) in [5.41, 5.74) is 0.864. The Balaban J connectivity index is 0.00000144. The number of nitrogens with one attached hydrogen (secondary N) is 1. The lowest BCUT2D eigenvalue weighted by Gasteiger charge is -2.23. The molecule has 0 saturated carbocycles. The van der Waals surface area contributed by atoms with Gasteiger partial charge in [-0.3, -0.25) is 0 Å². The number of hydrogen-bond donors (Lipinski definition) is 2. The van der Waals surface area contributed by atoms with Crippen molar-refractivity contribution in [1.82, 2.24) is 5.32 Å². The first-order valence-corrected chi connectivity index (χ1v) is 5.69. The number of halogens is 2. The maximum absolute atomic E-state index is 12.8. The molecule has 2 atom stereocenters. The lowest BCUT2D eigenvalue weighted by molar-refractivity contribution is 0.131. The van der Waals surface area contributed by atoms with E-state index in [2.05, 4.69) is 19.2 Å². The van der Waals surface area contributed by atoms with Gasteiger partial charge in [-0.2, -0.15) is 0 Å². The number of hydrogen-bond acceptors (Lipinski definition) is 2. The Morgan fingerprint density at radius 3 is 2.41 bits per heavy atom. The average molecular weight is 260 g/mol. The Bertz CT molecular complexity index is 366. The van der Waals surface area contributed by atoms with Crippen molar-refractivity contribution in [2.24, 2.45) is 0 Å². The van der Waals surface area contributed by atoms with Crippen molar-refractivity contribution in [2.45, 2.75) is 44.4 Å². The molecule has 0 radical (unpaired) electrons. The number of rotatable bonds is 2. The highest BCUT2D eigenvalue weighted by molar-refractivity contribution is 5.85. The Hall–Kier alpha value is -0.640. The molecule has 17 heavy (non-hydrogen) atoms. The average Bonchev–Trinajstić information content (AvgIpc) is 2.59. The molecule has 0 aromatic heterocycles. The minimum atomic E-state index is -0.553. The van der Waals surface area contributed by atoms with Crippen LogP contribution in [0.5, 0.6) is 0 Å². The van der Waals surface area contributed by atoms with Crippen LogP contribution in [0.1, 0.15) is 38.4 Å². The molecule has 2 nitrogen and oxygen atoms in total. The topological polar surface area (TPSA) is 32.3 Å². The molecule has 1 saturated heterocycles. The Morgan fingerprint density at radius 2 is 1.94 bits per heavy atom. The van der Waals surface area contributed by atoms with Gasteiger partial charge in [-0.25, -0.2) is 4.39 Å². The van der Waals surface area contributed by atoms with Gasteiger partial charge in [-0.05, 0) is 44.4 Å². The van der Waals surface area contributed by atoms with E-state index in [0.29, 0.717) is 0 Å². The van der Waals surface area contributed by atoms with E-state index in [1.165, 1.54) is 12.1 Å². The molecule has 4 heteroatoms. The SMILES string of the molecule is CC1(C)CC[C@H]([C@H](O)c2ccc(F)cc2)N1.Cl. The molecule has 0 aliphatic carbocycles. The Morgan fingerprint density at radius 1 is 1.35 bits per heavy atom. The van der Waals surface area contributed by atoms with Gasteiger partial charge in [0, 0.05) is 11.6 Å². The summed E-state index contributed by atoms with van der Waals surface area (Å²) in [6.07, 6.45) is 1.45. The third-order valence-electron chi connectivity index (χ3n) is 3.25. The van der Waals surface area contributed by atoms with E-state index < -0.39 is 6.10 Å². The van der Waals surface area contributed by atoms with Crippen molar-refractivity contribution >= 4 is 12.4 Å². The molecule has 1 heterocycles. The Kier molecular flexibility index (Phi) is 4.53. The molecule has 0 unspecified atom stereocenters. The summed E-state index contributed by atoms with van der Waals surface area (Å²) in [6, 6.07) is 6.14. The molecule has 0 spiro atoms. The van der Waals surface area contributed by atoms with Crippen LogP contribution in [0.3, 0.4) is 0 Å². The summed E-state index contributed by atoms with van der Waals surface area (Å²) < 4.78 is 12.8. The van der Waals surface area contributed by atoms with E-state index >= 15 is 0 Å². The smallest absolute Gasteiger partial charge is 0.123 e. The molecule has 2 rings (SSSR count). The molecule has 0 amide bonds. The fraction of sp³-hybridized carbons (Fsp3) is 0.538. The quantitative estimate of drug-likeness (QED) is 0.856. The van der Waals surface area contributed by atoms with Gasteiger partial charge >= 0.3 is 0 Å². The third kappa shape index (κ3) is 3.41. The van der Waals surface area contributed by atoms with Crippen LogP contribution < -0.4 is 5.32 Å². The standard InChI is InChI=1S/C13H18FNO.ClH/c1-13(2)8-7-11(15-13)12(16)9-3-5-10(14)6-4-9;/h3-6,11-12,15-16H,7-8H2,1-2H3;1H/t11-,12-;/m1./s1. The zero-order valence-corrected chi connectivity index (χ0v) is 10.9. The molecule has 1 aliphatic rings. The molecular formula is C13H19ClFNO. The van der Waals surface area contributed by atoms with Crippen molar-refractivity contribution in [1.29, 1.82) is 0 Å². The van der Waals surface area contributed by atoms with Crippen molar-refractivity contribution in [3.63, 3.8) is 0 Å². The molecular weight excluding hydrogens is 241 g/mol. The monoisotopic (exact) mass is 259 g/mol. The lowest BCUT2D eigenvalue weighted by atomic mass is 10.0. The van der Waals surface area contributed by atoms with Crippen LogP contribution in [-0.4, -0.2) is 16.7 Å². The normalized spacial score (nSPS) is 24.1. The first-order valence-electron chi connectivity index (χ1n) is 5.69. The molecule has 96 valence electrons. The third-order valence-corrected chi connectivity index (χ3v) is 3.25. The summed E-state index contributed by atoms with van der Waals surface area (Å²) in [7, 11) is 0. The van der Waals surface area contributed by atoms with Gasteiger partial charge in [0.2, 0.25) is 0 Å². The van der Waals surface area contributed by atoms with Gasteiger partial charge in [0.15, 0.2) is 0 Å². The van der Waals surface area contributed by atoms with Crippen LogP contribution in [0, 0.1) is 5.82 Å². The summed E-state index contributed by atoms with van der Waals surface area (Å²) in [4.78, 5) is 0. The first-order chi connectivity index (χ1) is 7.48. The van der Waals surface area contributed by atoms with Crippen molar-refractivity contribution in [3.8, 4) is 0 Å². The van der Waals surface area contributed by atoms with Crippen molar-refractivity contribution in [3.05, 3.63) is 35.6 Å². The maximum Gasteiger partial charge on any atom is 0.123 e. The summed E-state index contributed by atoms with van der Waals surface area (Å²) >= 11 is 0. The van der Waals surface area contributed by atoms with Crippen LogP contribution in [0.15, 0.2) is 24.3 Å². The van der Waals surface area contributed by atoms with E-state index in [1.54, 1.807) is 12.1 Å². The fourth-order valence-electron chi connectivity index (χ4n) is 2.29. The summed E-state index contributed by atoms with van der Waals surface area (Å²) in [6.45, 7) is 4.26. The van der Waals surface area contributed by atoms with Crippen LogP contribution in [0.25, 0.3) is 0 Å². The van der Waals surface area contributed by atoms with Gasteiger partial charge < -0.3 is 10.4 Å². The predicted octanol–water partition coefficient (Wildman–Crippen LogP) is 2.81. The number of aliphatic hydroxyl groups is 1. The minimum Gasteiger partial charge on any atom is -0.387 e. The second kappa shape index (κ2) is 5.34. The lowest BCUT2D eigenvalue weighted by Crippen LogP contribution is -2.40. The zero-order valence-electron chi connectivity index (χ0n) is 10.1. The van der Waals surface area contributed by atoms with E-state index in [-0.39, 0.29) is 29.8 Å². The van der Waals surface area contributed by atoms with E-state index in [1.807, 2.05) is 0 Å². The molecule has 1 aliphatic heterocycles. The highest BCUT2D eigenvalue weighted by Gasteiger charge is 2.34. The molecule has 2 N–H and O–H groups in total. The summed E-state index contributed by atoms with van der Waals surface area (Å²) in [5, 5.41) is 13.6. The highest BCUT2D eigenvalue weighted by atomic mass is 35.5. The molecule has 1 aromatic rings. The molecule has 0 bridgehead atoms. The Labute approximate surface area is 108 Å². The minimum absolute atomic E-state index is 0. The van der Waals surface area contributed by atoms with Crippen LogP contribution in [0.4, 0.5) is 4.39 Å². The van der Waals surface area contributed by atoms with Crippen molar-refractivity contribution < 1.29 is 9.50 Å². The van der Waals surface area contributed by atoms with Crippen LogP contribution in [-0.2, 0) is 0 Å². The zero-order chi connectivity index (χ0) is 11.8. The van der Waals surface area contributed by atoms with Gasteiger partial charge in [0.05, 0.1) is 6.10 Å². The van der Waals surface area contributed by atoms with E-state index in [4.69, 9.17) is 0 Å².